The normalized spacial score (nSPS) is 12.0. The summed E-state index contributed by atoms with van der Waals surface area (Å²) in [6, 6.07) is 12.9. The summed E-state index contributed by atoms with van der Waals surface area (Å²) in [6.07, 6.45) is -0.321. The Morgan fingerprint density at radius 1 is 1.12 bits per heavy atom. The van der Waals surface area contributed by atoms with Crippen molar-refractivity contribution in [3.05, 3.63) is 58.9 Å². The van der Waals surface area contributed by atoms with Gasteiger partial charge in [0.15, 0.2) is 17.1 Å². The molecule has 1 unspecified atom stereocenters. The number of carbonyl (C=O) groups is 1. The van der Waals surface area contributed by atoms with Crippen LogP contribution in [0.15, 0.2) is 47.6 Å². The van der Waals surface area contributed by atoms with Gasteiger partial charge < -0.3 is 19.4 Å². The molecule has 1 atom stereocenters. The van der Waals surface area contributed by atoms with Crippen LogP contribution in [-0.4, -0.2) is 33.5 Å². The largest absolute Gasteiger partial charge is 0.497 e. The molecule has 0 aliphatic carbocycles. The molecule has 0 aliphatic rings. The molecular weight excluding hydrogens is 448 g/mol. The highest BCUT2D eigenvalue weighted by molar-refractivity contribution is 7.99. The Labute approximate surface area is 197 Å². The van der Waals surface area contributed by atoms with E-state index in [0.29, 0.717) is 21.8 Å². The van der Waals surface area contributed by atoms with Gasteiger partial charge in [-0.25, -0.2) is 0 Å². The number of nitrogens with zero attached hydrogens (tertiary/aromatic N) is 3. The van der Waals surface area contributed by atoms with Gasteiger partial charge in [0.1, 0.15) is 11.5 Å². The first-order valence-electron chi connectivity index (χ1n) is 10.2. The SMILES string of the molecule is COc1ccc(OC(C)c2nnc(SCC(=O)Nc3ccc(Cl)cc3C)n2C(C)C)cc1. The molecule has 1 amide bonds. The molecule has 0 radical (unpaired) electrons. The minimum absolute atomic E-state index is 0.103. The molecule has 0 spiro atoms. The number of rotatable bonds is 9. The van der Waals surface area contributed by atoms with Gasteiger partial charge in [-0.3, -0.25) is 4.79 Å². The number of aryl methyl sites for hydroxylation is 1. The molecule has 170 valence electrons. The number of carbonyl (C=O) groups excluding carboxylic acids is 1. The van der Waals surface area contributed by atoms with E-state index < -0.39 is 0 Å². The van der Waals surface area contributed by atoms with Crippen molar-refractivity contribution in [2.24, 2.45) is 0 Å². The number of amides is 1. The molecule has 3 rings (SSSR count). The van der Waals surface area contributed by atoms with Crippen LogP contribution in [0.5, 0.6) is 11.5 Å². The number of methoxy groups -OCH3 is 1. The van der Waals surface area contributed by atoms with Crippen LogP contribution >= 0.6 is 23.4 Å². The van der Waals surface area contributed by atoms with Gasteiger partial charge in [0, 0.05) is 16.8 Å². The van der Waals surface area contributed by atoms with E-state index in [2.05, 4.69) is 15.5 Å². The topological polar surface area (TPSA) is 78.3 Å². The summed E-state index contributed by atoms with van der Waals surface area (Å²) in [5.41, 5.74) is 1.65. The maximum atomic E-state index is 12.5. The summed E-state index contributed by atoms with van der Waals surface area (Å²) >= 11 is 7.32. The Balaban J connectivity index is 1.67. The summed E-state index contributed by atoms with van der Waals surface area (Å²) in [5.74, 6) is 2.26. The summed E-state index contributed by atoms with van der Waals surface area (Å²) in [6.45, 7) is 7.93. The number of halogens is 1. The Morgan fingerprint density at radius 3 is 2.44 bits per heavy atom. The van der Waals surface area contributed by atoms with Crippen LogP contribution in [0.3, 0.4) is 0 Å². The zero-order chi connectivity index (χ0) is 23.3. The number of nitrogens with one attached hydrogen (secondary N) is 1. The first kappa shape index (κ1) is 23.9. The molecule has 1 heterocycles. The van der Waals surface area contributed by atoms with Crippen molar-refractivity contribution in [3.8, 4) is 11.5 Å². The highest BCUT2D eigenvalue weighted by atomic mass is 35.5. The van der Waals surface area contributed by atoms with E-state index in [0.717, 1.165) is 17.0 Å². The lowest BCUT2D eigenvalue weighted by Crippen LogP contribution is -2.17. The molecule has 0 aliphatic heterocycles. The molecular formula is C23H27ClN4O3S. The number of aromatic nitrogens is 3. The summed E-state index contributed by atoms with van der Waals surface area (Å²) in [4.78, 5) is 12.5. The lowest BCUT2D eigenvalue weighted by Gasteiger charge is -2.19. The summed E-state index contributed by atoms with van der Waals surface area (Å²) in [5, 5.41) is 12.9. The van der Waals surface area contributed by atoms with Gasteiger partial charge in [-0.05, 0) is 75.7 Å². The lowest BCUT2D eigenvalue weighted by molar-refractivity contribution is -0.113. The minimum Gasteiger partial charge on any atom is -0.497 e. The first-order valence-corrected chi connectivity index (χ1v) is 11.6. The molecule has 9 heteroatoms. The second-order valence-electron chi connectivity index (χ2n) is 7.54. The summed E-state index contributed by atoms with van der Waals surface area (Å²) < 4.78 is 13.2. The maximum absolute atomic E-state index is 12.5. The van der Waals surface area contributed by atoms with E-state index in [1.165, 1.54) is 11.8 Å². The molecule has 0 saturated heterocycles. The number of ether oxygens (including phenoxy) is 2. The number of benzene rings is 2. The van der Waals surface area contributed by atoms with Gasteiger partial charge in [0.05, 0.1) is 12.9 Å². The smallest absolute Gasteiger partial charge is 0.234 e. The zero-order valence-corrected chi connectivity index (χ0v) is 20.3. The van der Waals surface area contributed by atoms with Gasteiger partial charge in [-0.1, -0.05) is 23.4 Å². The molecule has 1 aromatic heterocycles. The lowest BCUT2D eigenvalue weighted by atomic mass is 10.2. The van der Waals surface area contributed by atoms with E-state index in [-0.39, 0.29) is 23.8 Å². The second-order valence-corrected chi connectivity index (χ2v) is 8.92. The fourth-order valence-corrected chi connectivity index (χ4v) is 4.25. The monoisotopic (exact) mass is 474 g/mol. The van der Waals surface area contributed by atoms with E-state index in [9.17, 15) is 4.79 Å². The quantitative estimate of drug-likeness (QED) is 0.401. The van der Waals surface area contributed by atoms with E-state index >= 15 is 0 Å². The third kappa shape index (κ3) is 5.95. The van der Waals surface area contributed by atoms with Gasteiger partial charge in [0.2, 0.25) is 5.91 Å². The first-order chi connectivity index (χ1) is 15.3. The van der Waals surface area contributed by atoms with Crippen molar-refractivity contribution in [2.45, 2.75) is 45.0 Å². The molecule has 2 aromatic carbocycles. The molecule has 32 heavy (non-hydrogen) atoms. The van der Waals surface area contributed by atoms with Crippen molar-refractivity contribution < 1.29 is 14.3 Å². The van der Waals surface area contributed by atoms with Gasteiger partial charge in [-0.2, -0.15) is 0 Å². The Hall–Kier alpha value is -2.71. The standard InChI is InChI=1S/C23H27ClN4O3S/c1-14(2)28-22(16(4)31-19-9-7-18(30-5)8-10-19)26-27-23(28)32-13-21(29)25-20-11-6-17(24)12-15(20)3/h6-12,14,16H,13H2,1-5H3,(H,25,29). The van der Waals surface area contributed by atoms with Crippen LogP contribution in [-0.2, 0) is 4.79 Å². The number of thioether (sulfide) groups is 1. The van der Waals surface area contributed by atoms with E-state index in [4.69, 9.17) is 21.1 Å². The number of anilines is 1. The van der Waals surface area contributed by atoms with E-state index in [1.54, 1.807) is 19.2 Å². The Morgan fingerprint density at radius 2 is 1.81 bits per heavy atom. The molecule has 1 N–H and O–H groups in total. The van der Waals surface area contributed by atoms with Crippen LogP contribution in [0.1, 0.15) is 44.3 Å². The maximum Gasteiger partial charge on any atom is 0.234 e. The van der Waals surface area contributed by atoms with Crippen LogP contribution in [0.4, 0.5) is 5.69 Å². The summed E-state index contributed by atoms with van der Waals surface area (Å²) in [7, 11) is 1.62. The van der Waals surface area contributed by atoms with Crippen LogP contribution in [0.25, 0.3) is 0 Å². The fraction of sp³-hybridized carbons (Fsp3) is 0.348. The average molecular weight is 475 g/mol. The highest BCUT2D eigenvalue weighted by Gasteiger charge is 2.22. The Bertz CT molecular complexity index is 1070. The third-order valence-corrected chi connectivity index (χ3v) is 5.92. The van der Waals surface area contributed by atoms with Crippen molar-refractivity contribution in [3.63, 3.8) is 0 Å². The zero-order valence-electron chi connectivity index (χ0n) is 18.8. The van der Waals surface area contributed by atoms with Crippen molar-refractivity contribution in [2.75, 3.05) is 18.2 Å². The van der Waals surface area contributed by atoms with Crippen LogP contribution in [0.2, 0.25) is 5.02 Å². The van der Waals surface area contributed by atoms with Crippen molar-refractivity contribution in [1.29, 1.82) is 0 Å². The number of hydrogen-bond acceptors (Lipinski definition) is 6. The molecule has 7 nitrogen and oxygen atoms in total. The second kappa shape index (κ2) is 10.7. The van der Waals surface area contributed by atoms with E-state index in [1.807, 2.05) is 62.6 Å². The Kier molecular flexibility index (Phi) is 8.04. The van der Waals surface area contributed by atoms with Gasteiger partial charge in [-0.15, -0.1) is 10.2 Å². The van der Waals surface area contributed by atoms with Crippen LogP contribution < -0.4 is 14.8 Å². The van der Waals surface area contributed by atoms with Crippen molar-refractivity contribution in [1.82, 2.24) is 14.8 Å². The molecule has 0 bridgehead atoms. The predicted octanol–water partition coefficient (Wildman–Crippen LogP) is 5.70. The molecule has 0 saturated carbocycles. The molecule has 0 fully saturated rings. The van der Waals surface area contributed by atoms with Gasteiger partial charge >= 0.3 is 0 Å². The van der Waals surface area contributed by atoms with Gasteiger partial charge in [0.25, 0.3) is 0 Å². The number of hydrogen-bond donors (Lipinski definition) is 1. The minimum atomic E-state index is -0.321. The third-order valence-electron chi connectivity index (χ3n) is 4.74. The van der Waals surface area contributed by atoms with Crippen molar-refractivity contribution >= 4 is 35.0 Å². The highest BCUT2D eigenvalue weighted by Crippen LogP contribution is 2.28. The van der Waals surface area contributed by atoms with Crippen LogP contribution in [0, 0.1) is 6.92 Å². The predicted molar refractivity (Wildman–Crippen MR) is 128 cm³/mol. The molecule has 3 aromatic rings. The average Bonchev–Trinajstić information content (AvgIpc) is 3.19. The fourth-order valence-electron chi connectivity index (χ4n) is 3.14.